The number of ether oxygens (including phenoxy) is 1. The minimum absolute atomic E-state index is 0.0506. The van der Waals surface area contributed by atoms with Crippen LogP contribution in [0.2, 0.25) is 0 Å². The maximum atomic E-state index is 13.5. The summed E-state index contributed by atoms with van der Waals surface area (Å²) in [6, 6.07) is 19.7. The molecule has 0 aromatic heterocycles. The van der Waals surface area contributed by atoms with Gasteiger partial charge in [0, 0.05) is 24.3 Å². The zero-order valence-electron chi connectivity index (χ0n) is 18.8. The number of amides is 2. The Morgan fingerprint density at radius 2 is 1.51 bits per heavy atom. The Bertz CT molecular complexity index is 1180. The highest BCUT2D eigenvalue weighted by Gasteiger charge is 2.34. The number of halogens is 3. The molecule has 1 aliphatic heterocycles. The number of benzene rings is 3. The molecule has 0 saturated carbocycles. The van der Waals surface area contributed by atoms with Gasteiger partial charge in [-0.05, 0) is 41.5 Å². The van der Waals surface area contributed by atoms with Gasteiger partial charge >= 0.3 is 6.18 Å². The van der Waals surface area contributed by atoms with E-state index in [9.17, 15) is 22.8 Å². The molecule has 0 aliphatic carbocycles. The molecule has 35 heavy (non-hydrogen) atoms. The molecule has 0 bridgehead atoms. The summed E-state index contributed by atoms with van der Waals surface area (Å²) in [7, 11) is 0. The number of hydrogen-bond acceptors (Lipinski definition) is 4. The molecule has 1 heterocycles. The smallest absolute Gasteiger partial charge is 0.379 e. The topological polar surface area (TPSA) is 70.7 Å². The summed E-state index contributed by atoms with van der Waals surface area (Å²) in [5, 5.41) is 4.96. The molecule has 0 radical (unpaired) electrons. The van der Waals surface area contributed by atoms with Gasteiger partial charge in [0.15, 0.2) is 0 Å². The van der Waals surface area contributed by atoms with Gasteiger partial charge in [0.25, 0.3) is 5.91 Å². The molecule has 0 unspecified atom stereocenters. The summed E-state index contributed by atoms with van der Waals surface area (Å²) in [5.41, 5.74) is 1.02. The molecule has 1 saturated heterocycles. The lowest BCUT2D eigenvalue weighted by atomic mass is 10.0. The molecular weight excluding hydrogens is 459 g/mol. The molecule has 9 heteroatoms. The van der Waals surface area contributed by atoms with E-state index in [1.807, 2.05) is 30.3 Å². The molecule has 1 aliphatic rings. The highest BCUT2D eigenvalue weighted by molar-refractivity contribution is 6.05. The minimum Gasteiger partial charge on any atom is -0.379 e. The first-order valence-electron chi connectivity index (χ1n) is 11.1. The van der Waals surface area contributed by atoms with Crippen molar-refractivity contribution >= 4 is 23.2 Å². The lowest BCUT2D eigenvalue weighted by Gasteiger charge is -2.26. The van der Waals surface area contributed by atoms with Gasteiger partial charge in [-0.3, -0.25) is 14.5 Å². The molecule has 2 amide bonds. The van der Waals surface area contributed by atoms with E-state index < -0.39 is 29.2 Å². The molecule has 6 nitrogen and oxygen atoms in total. The van der Waals surface area contributed by atoms with Crippen molar-refractivity contribution in [3.63, 3.8) is 0 Å². The number of morpholine rings is 1. The second kappa shape index (κ2) is 10.7. The molecule has 2 N–H and O–H groups in total. The van der Waals surface area contributed by atoms with Gasteiger partial charge in [0.05, 0.1) is 31.0 Å². The van der Waals surface area contributed by atoms with Gasteiger partial charge in [-0.1, -0.05) is 42.5 Å². The van der Waals surface area contributed by atoms with Crippen LogP contribution in [-0.4, -0.2) is 49.6 Å². The van der Waals surface area contributed by atoms with E-state index in [2.05, 4.69) is 10.6 Å². The van der Waals surface area contributed by atoms with Crippen LogP contribution < -0.4 is 10.6 Å². The van der Waals surface area contributed by atoms with Crippen LogP contribution in [0.1, 0.15) is 15.9 Å². The summed E-state index contributed by atoms with van der Waals surface area (Å²) >= 11 is 0. The Balaban J connectivity index is 1.48. The second-order valence-corrected chi connectivity index (χ2v) is 8.09. The van der Waals surface area contributed by atoms with Crippen molar-refractivity contribution in [3.05, 3.63) is 83.9 Å². The maximum Gasteiger partial charge on any atom is 0.418 e. The van der Waals surface area contributed by atoms with Gasteiger partial charge in [0.2, 0.25) is 5.91 Å². The normalized spacial score (nSPS) is 14.4. The lowest BCUT2D eigenvalue weighted by molar-refractivity contribution is -0.137. The Labute approximate surface area is 200 Å². The zero-order valence-corrected chi connectivity index (χ0v) is 18.8. The van der Waals surface area contributed by atoms with Crippen LogP contribution in [0.5, 0.6) is 0 Å². The van der Waals surface area contributed by atoms with Gasteiger partial charge in [-0.25, -0.2) is 0 Å². The van der Waals surface area contributed by atoms with Crippen LogP contribution in [0.3, 0.4) is 0 Å². The Morgan fingerprint density at radius 1 is 0.857 bits per heavy atom. The van der Waals surface area contributed by atoms with E-state index in [1.165, 1.54) is 0 Å². The van der Waals surface area contributed by atoms with Crippen molar-refractivity contribution in [2.24, 2.45) is 0 Å². The number of nitrogens with zero attached hydrogens (tertiary/aromatic N) is 1. The van der Waals surface area contributed by atoms with Crippen LogP contribution in [0.25, 0.3) is 11.1 Å². The van der Waals surface area contributed by atoms with E-state index in [-0.39, 0.29) is 12.2 Å². The third-order valence-corrected chi connectivity index (χ3v) is 5.58. The number of rotatable bonds is 6. The largest absolute Gasteiger partial charge is 0.418 e. The number of carbonyl (C=O) groups is 2. The SMILES string of the molecule is O=C(CN1CCOCC1)Nc1cc(NC(=O)c2ccc(-c3ccccc3)cc2)ccc1C(F)(F)F. The molecular formula is C26H24F3N3O3. The average molecular weight is 483 g/mol. The molecule has 3 aromatic rings. The second-order valence-electron chi connectivity index (χ2n) is 8.09. The fraction of sp³-hybridized carbons (Fsp3) is 0.231. The summed E-state index contributed by atoms with van der Waals surface area (Å²) in [6.07, 6.45) is -4.67. The highest BCUT2D eigenvalue weighted by atomic mass is 19.4. The minimum atomic E-state index is -4.67. The standard InChI is InChI=1S/C26H24F3N3O3/c27-26(28,29)22-11-10-21(16-23(22)31-24(33)17-32-12-14-35-15-13-32)30-25(34)20-8-6-19(7-9-20)18-4-2-1-3-5-18/h1-11,16H,12-15,17H2,(H,30,34)(H,31,33). The Kier molecular flexibility index (Phi) is 7.48. The number of alkyl halides is 3. The maximum absolute atomic E-state index is 13.5. The summed E-state index contributed by atoms with van der Waals surface area (Å²) in [6.45, 7) is 1.94. The van der Waals surface area contributed by atoms with E-state index >= 15 is 0 Å². The van der Waals surface area contributed by atoms with Gasteiger partial charge in [-0.15, -0.1) is 0 Å². The van der Waals surface area contributed by atoms with Gasteiger partial charge < -0.3 is 15.4 Å². The summed E-state index contributed by atoms with van der Waals surface area (Å²) < 4.78 is 45.8. The summed E-state index contributed by atoms with van der Waals surface area (Å²) in [5.74, 6) is -1.05. The van der Waals surface area contributed by atoms with Crippen molar-refractivity contribution in [3.8, 4) is 11.1 Å². The first-order valence-corrected chi connectivity index (χ1v) is 11.1. The Morgan fingerprint density at radius 3 is 2.17 bits per heavy atom. The predicted molar refractivity (Wildman–Crippen MR) is 127 cm³/mol. The lowest BCUT2D eigenvalue weighted by Crippen LogP contribution is -2.41. The third-order valence-electron chi connectivity index (χ3n) is 5.58. The fourth-order valence-electron chi connectivity index (χ4n) is 3.77. The monoisotopic (exact) mass is 483 g/mol. The molecule has 1 fully saturated rings. The van der Waals surface area contributed by atoms with E-state index in [0.29, 0.717) is 31.9 Å². The molecule has 182 valence electrons. The number of nitrogens with one attached hydrogen (secondary N) is 2. The van der Waals surface area contributed by atoms with Gasteiger partial charge in [-0.2, -0.15) is 13.2 Å². The highest BCUT2D eigenvalue weighted by Crippen LogP contribution is 2.36. The van der Waals surface area contributed by atoms with Crippen molar-refractivity contribution in [2.45, 2.75) is 6.18 Å². The van der Waals surface area contributed by atoms with Gasteiger partial charge in [0.1, 0.15) is 0 Å². The average Bonchev–Trinajstić information content (AvgIpc) is 2.84. The van der Waals surface area contributed by atoms with Crippen LogP contribution in [0.15, 0.2) is 72.8 Å². The molecule has 4 rings (SSSR count). The fourth-order valence-corrected chi connectivity index (χ4v) is 3.77. The van der Waals surface area contributed by atoms with Crippen molar-refractivity contribution in [1.29, 1.82) is 0 Å². The first kappa shape index (κ1) is 24.4. The summed E-state index contributed by atoms with van der Waals surface area (Å²) in [4.78, 5) is 26.9. The van der Waals surface area contributed by atoms with E-state index in [0.717, 1.165) is 29.3 Å². The third kappa shape index (κ3) is 6.46. The van der Waals surface area contributed by atoms with Crippen LogP contribution >= 0.6 is 0 Å². The Hall–Kier alpha value is -3.69. The predicted octanol–water partition coefficient (Wildman–Crippen LogP) is 4.90. The molecule has 0 spiro atoms. The van der Waals surface area contributed by atoms with Crippen LogP contribution in [0, 0.1) is 0 Å². The number of carbonyl (C=O) groups excluding carboxylic acids is 2. The van der Waals surface area contributed by atoms with E-state index in [1.54, 1.807) is 29.2 Å². The number of hydrogen-bond donors (Lipinski definition) is 2. The molecule has 3 aromatic carbocycles. The van der Waals surface area contributed by atoms with Crippen molar-refractivity contribution in [2.75, 3.05) is 43.5 Å². The quantitative estimate of drug-likeness (QED) is 0.524. The van der Waals surface area contributed by atoms with E-state index in [4.69, 9.17) is 4.74 Å². The zero-order chi connectivity index (χ0) is 24.8. The first-order chi connectivity index (χ1) is 16.8. The molecule has 0 atom stereocenters. The van der Waals surface area contributed by atoms with Crippen LogP contribution in [-0.2, 0) is 15.7 Å². The van der Waals surface area contributed by atoms with Crippen molar-refractivity contribution in [1.82, 2.24) is 4.90 Å². The van der Waals surface area contributed by atoms with Crippen LogP contribution in [0.4, 0.5) is 24.5 Å². The van der Waals surface area contributed by atoms with Crippen molar-refractivity contribution < 1.29 is 27.5 Å². The number of anilines is 2.